The SMILES string of the molecule is CCC1OC1C=CC#CC#CC=CCO. The molecule has 2 unspecified atom stereocenters. The smallest absolute Gasteiger partial charge is 0.103 e. The van der Waals surface area contributed by atoms with Gasteiger partial charge < -0.3 is 9.84 Å². The predicted molar refractivity (Wildman–Crippen MR) is 59.9 cm³/mol. The van der Waals surface area contributed by atoms with Gasteiger partial charge in [-0.15, -0.1) is 0 Å². The fourth-order valence-corrected chi connectivity index (χ4v) is 1.06. The fraction of sp³-hybridized carbons (Fsp3) is 0.385. The normalized spacial score (nSPS) is 23.3. The highest BCUT2D eigenvalue weighted by Crippen LogP contribution is 2.25. The standard InChI is InChI=1S/C13H14O2/c1-2-12-13(15-12)10-8-6-4-3-5-7-9-11-14/h7-10,12-14H,2,11H2,1H3. The van der Waals surface area contributed by atoms with Gasteiger partial charge in [0.2, 0.25) is 0 Å². The van der Waals surface area contributed by atoms with E-state index in [1.165, 1.54) is 0 Å². The van der Waals surface area contributed by atoms with Gasteiger partial charge >= 0.3 is 0 Å². The minimum atomic E-state index is 0.0133. The van der Waals surface area contributed by atoms with Gasteiger partial charge in [0, 0.05) is 0 Å². The molecule has 0 saturated carbocycles. The van der Waals surface area contributed by atoms with Gasteiger partial charge in [0.1, 0.15) is 6.10 Å². The number of aliphatic hydroxyl groups is 1. The van der Waals surface area contributed by atoms with E-state index in [1.807, 2.05) is 6.08 Å². The highest BCUT2D eigenvalue weighted by atomic mass is 16.6. The van der Waals surface area contributed by atoms with Crippen molar-refractivity contribution >= 4 is 0 Å². The summed E-state index contributed by atoms with van der Waals surface area (Å²) in [6.07, 6.45) is 8.56. The molecule has 0 aromatic carbocycles. The zero-order valence-corrected chi connectivity index (χ0v) is 8.73. The Labute approximate surface area is 90.6 Å². The minimum absolute atomic E-state index is 0.0133. The molecule has 0 aromatic heterocycles. The van der Waals surface area contributed by atoms with Gasteiger partial charge in [-0.05, 0) is 36.5 Å². The molecular weight excluding hydrogens is 188 g/mol. The topological polar surface area (TPSA) is 32.8 Å². The van der Waals surface area contributed by atoms with Crippen molar-refractivity contribution in [1.82, 2.24) is 0 Å². The summed E-state index contributed by atoms with van der Waals surface area (Å²) in [6.45, 7) is 2.11. The second-order valence-corrected chi connectivity index (χ2v) is 3.03. The van der Waals surface area contributed by atoms with Crippen LogP contribution in [0.4, 0.5) is 0 Å². The van der Waals surface area contributed by atoms with Crippen molar-refractivity contribution in [3.63, 3.8) is 0 Å². The second kappa shape index (κ2) is 6.90. The van der Waals surface area contributed by atoms with E-state index in [-0.39, 0.29) is 12.7 Å². The Balaban J connectivity index is 2.21. The Hall–Kier alpha value is -1.48. The van der Waals surface area contributed by atoms with Crippen molar-refractivity contribution in [3.8, 4) is 23.7 Å². The van der Waals surface area contributed by atoms with E-state index in [9.17, 15) is 0 Å². The van der Waals surface area contributed by atoms with Crippen molar-refractivity contribution in [3.05, 3.63) is 24.3 Å². The first-order valence-corrected chi connectivity index (χ1v) is 4.97. The van der Waals surface area contributed by atoms with Gasteiger partial charge in [0.05, 0.1) is 12.7 Å². The molecule has 1 saturated heterocycles. The van der Waals surface area contributed by atoms with Crippen molar-refractivity contribution < 1.29 is 9.84 Å². The highest BCUT2D eigenvalue weighted by Gasteiger charge is 2.33. The second-order valence-electron chi connectivity index (χ2n) is 3.03. The Morgan fingerprint density at radius 3 is 2.60 bits per heavy atom. The van der Waals surface area contributed by atoms with Gasteiger partial charge in [0.25, 0.3) is 0 Å². The summed E-state index contributed by atoms with van der Waals surface area (Å²) in [5, 5.41) is 8.41. The van der Waals surface area contributed by atoms with Crippen molar-refractivity contribution in [2.24, 2.45) is 0 Å². The van der Waals surface area contributed by atoms with E-state index < -0.39 is 0 Å². The number of aliphatic hydroxyl groups excluding tert-OH is 1. The Kier molecular flexibility index (Phi) is 5.33. The third-order valence-electron chi connectivity index (χ3n) is 1.91. The van der Waals surface area contributed by atoms with Gasteiger partial charge in [-0.2, -0.15) is 0 Å². The highest BCUT2D eigenvalue weighted by molar-refractivity contribution is 5.34. The lowest BCUT2D eigenvalue weighted by molar-refractivity contribution is 0.343. The Morgan fingerprint density at radius 1 is 1.27 bits per heavy atom. The zero-order chi connectivity index (χ0) is 10.9. The molecule has 15 heavy (non-hydrogen) atoms. The summed E-state index contributed by atoms with van der Waals surface area (Å²) in [4.78, 5) is 0. The first-order valence-electron chi connectivity index (χ1n) is 4.97. The third-order valence-corrected chi connectivity index (χ3v) is 1.91. The maximum atomic E-state index is 8.41. The van der Waals surface area contributed by atoms with Crippen LogP contribution >= 0.6 is 0 Å². The van der Waals surface area contributed by atoms with Crippen LogP contribution in [0.25, 0.3) is 0 Å². The summed E-state index contributed by atoms with van der Waals surface area (Å²) in [5.74, 6) is 10.8. The van der Waals surface area contributed by atoms with Crippen LogP contribution in [0.2, 0.25) is 0 Å². The summed E-state index contributed by atoms with van der Waals surface area (Å²) in [6, 6.07) is 0. The summed E-state index contributed by atoms with van der Waals surface area (Å²) in [7, 11) is 0. The van der Waals surface area contributed by atoms with Crippen LogP contribution in [-0.2, 0) is 4.74 Å². The molecule has 0 aromatic rings. The van der Waals surface area contributed by atoms with Crippen LogP contribution in [0.3, 0.4) is 0 Å². The molecule has 2 atom stereocenters. The molecule has 0 spiro atoms. The van der Waals surface area contributed by atoms with Crippen LogP contribution in [0.5, 0.6) is 0 Å². The molecule has 1 aliphatic heterocycles. The van der Waals surface area contributed by atoms with Gasteiger partial charge in [-0.3, -0.25) is 0 Å². The number of hydrogen-bond acceptors (Lipinski definition) is 2. The third kappa shape index (κ3) is 5.08. The summed E-state index contributed by atoms with van der Waals surface area (Å²) in [5.41, 5.74) is 0. The molecule has 1 rings (SSSR count). The van der Waals surface area contributed by atoms with Crippen LogP contribution < -0.4 is 0 Å². The first-order chi connectivity index (χ1) is 7.38. The monoisotopic (exact) mass is 202 g/mol. The summed E-state index contributed by atoms with van der Waals surface area (Å²) >= 11 is 0. The van der Waals surface area contributed by atoms with E-state index in [2.05, 4.69) is 30.6 Å². The van der Waals surface area contributed by atoms with E-state index in [4.69, 9.17) is 9.84 Å². The minimum Gasteiger partial charge on any atom is -0.392 e. The maximum Gasteiger partial charge on any atom is 0.103 e. The number of rotatable bonds is 3. The number of allylic oxidation sites excluding steroid dienone is 2. The van der Waals surface area contributed by atoms with E-state index in [0.29, 0.717) is 6.10 Å². The van der Waals surface area contributed by atoms with Gasteiger partial charge in [-0.25, -0.2) is 0 Å². The zero-order valence-electron chi connectivity index (χ0n) is 8.73. The average molecular weight is 202 g/mol. The maximum absolute atomic E-state index is 8.41. The molecule has 1 N–H and O–H groups in total. The lowest BCUT2D eigenvalue weighted by Gasteiger charge is -1.76. The number of ether oxygens (including phenoxy) is 1. The predicted octanol–water partition coefficient (Wildman–Crippen LogP) is 1.28. The van der Waals surface area contributed by atoms with Crippen LogP contribution in [0, 0.1) is 23.7 Å². The molecule has 0 aliphatic carbocycles. The Bertz CT molecular complexity index is 357. The van der Waals surface area contributed by atoms with E-state index >= 15 is 0 Å². The molecule has 1 aliphatic rings. The van der Waals surface area contributed by atoms with E-state index in [1.54, 1.807) is 18.2 Å². The molecule has 0 bridgehead atoms. The molecule has 78 valence electrons. The average Bonchev–Trinajstić information content (AvgIpc) is 3.01. The molecule has 0 amide bonds. The summed E-state index contributed by atoms with van der Waals surface area (Å²) < 4.78 is 5.30. The van der Waals surface area contributed by atoms with Crippen LogP contribution in [0.15, 0.2) is 24.3 Å². The van der Waals surface area contributed by atoms with E-state index in [0.717, 1.165) is 6.42 Å². The van der Waals surface area contributed by atoms with Crippen molar-refractivity contribution in [1.29, 1.82) is 0 Å². The lowest BCUT2D eigenvalue weighted by Crippen LogP contribution is -1.85. The first kappa shape index (κ1) is 11.6. The number of hydrogen-bond donors (Lipinski definition) is 1. The molecule has 1 fully saturated rings. The van der Waals surface area contributed by atoms with Crippen LogP contribution in [0.1, 0.15) is 13.3 Å². The molecule has 2 nitrogen and oxygen atoms in total. The van der Waals surface area contributed by atoms with Gasteiger partial charge in [0.15, 0.2) is 0 Å². The lowest BCUT2D eigenvalue weighted by atomic mass is 10.2. The number of epoxide rings is 1. The Morgan fingerprint density at radius 2 is 2.00 bits per heavy atom. The molecular formula is C13H14O2. The molecule has 2 heteroatoms. The van der Waals surface area contributed by atoms with Gasteiger partial charge in [-0.1, -0.05) is 24.8 Å². The van der Waals surface area contributed by atoms with Crippen LogP contribution in [-0.4, -0.2) is 23.9 Å². The quantitative estimate of drug-likeness (QED) is 0.552. The van der Waals surface area contributed by atoms with Crippen molar-refractivity contribution in [2.45, 2.75) is 25.6 Å². The largest absolute Gasteiger partial charge is 0.392 e. The molecule has 1 heterocycles. The van der Waals surface area contributed by atoms with Crippen molar-refractivity contribution in [2.75, 3.05) is 6.61 Å². The molecule has 0 radical (unpaired) electrons. The fourth-order valence-electron chi connectivity index (χ4n) is 1.06.